The van der Waals surface area contributed by atoms with Crippen LogP contribution in [0.25, 0.3) is 0 Å². The lowest BCUT2D eigenvalue weighted by atomic mass is 10.0. The smallest absolute Gasteiger partial charge is 0.339 e. The number of benzene rings is 1. The molecule has 114 valence electrons. The Kier molecular flexibility index (Phi) is 4.75. The summed E-state index contributed by atoms with van der Waals surface area (Å²) in [5, 5.41) is 23.4. The highest BCUT2D eigenvalue weighted by Crippen LogP contribution is 2.27. The highest BCUT2D eigenvalue weighted by atomic mass is 16.4. The number of nitrogens with one attached hydrogen (secondary N) is 2. The molecule has 0 heterocycles. The lowest BCUT2D eigenvalue weighted by molar-refractivity contribution is -0.119. The van der Waals surface area contributed by atoms with Crippen molar-refractivity contribution in [2.45, 2.75) is 25.8 Å². The van der Waals surface area contributed by atoms with Crippen LogP contribution in [0.2, 0.25) is 0 Å². The van der Waals surface area contributed by atoms with Gasteiger partial charge in [-0.25, -0.2) is 9.59 Å². The first kappa shape index (κ1) is 16.3. The summed E-state index contributed by atoms with van der Waals surface area (Å²) >= 11 is 0. The average Bonchev–Trinajstić information content (AvgIpc) is 2.28. The van der Waals surface area contributed by atoms with Gasteiger partial charge >= 0.3 is 12.0 Å². The Bertz CT molecular complexity index is 583. The molecule has 1 aromatic rings. The number of phenols is 1. The maximum Gasteiger partial charge on any atom is 0.339 e. The van der Waals surface area contributed by atoms with Crippen LogP contribution >= 0.6 is 0 Å². The van der Waals surface area contributed by atoms with Crippen molar-refractivity contribution >= 4 is 23.6 Å². The minimum absolute atomic E-state index is 0.0534. The number of carbonyl (C=O) groups excluding carboxylic acids is 2. The van der Waals surface area contributed by atoms with Gasteiger partial charge in [0.1, 0.15) is 5.56 Å². The van der Waals surface area contributed by atoms with E-state index in [-0.39, 0.29) is 17.7 Å². The molecule has 0 radical (unpaired) electrons. The standard InChI is InChI=1S/C13H17N3O5/c1-13(2,6-9(14)17)16-12(21)15-8-5-3-4-7(10(8)18)11(19)20/h3-5,18H,6H2,1-2H3,(H2,14,17)(H,19,20)(H2,15,16,21). The van der Waals surface area contributed by atoms with E-state index in [1.807, 2.05) is 0 Å². The first-order valence-electron chi connectivity index (χ1n) is 6.05. The van der Waals surface area contributed by atoms with Crippen molar-refractivity contribution in [2.24, 2.45) is 5.73 Å². The number of primary amides is 1. The maximum absolute atomic E-state index is 11.8. The summed E-state index contributed by atoms with van der Waals surface area (Å²) in [5.74, 6) is -2.44. The Morgan fingerprint density at radius 2 is 1.90 bits per heavy atom. The summed E-state index contributed by atoms with van der Waals surface area (Å²) in [4.78, 5) is 33.6. The molecule has 0 saturated heterocycles. The van der Waals surface area contributed by atoms with Gasteiger partial charge in [0, 0.05) is 12.0 Å². The fourth-order valence-corrected chi connectivity index (χ4v) is 1.76. The minimum atomic E-state index is -1.31. The Hall–Kier alpha value is -2.77. The van der Waals surface area contributed by atoms with Gasteiger partial charge in [-0.15, -0.1) is 0 Å². The van der Waals surface area contributed by atoms with Crippen molar-refractivity contribution in [3.8, 4) is 5.75 Å². The van der Waals surface area contributed by atoms with E-state index < -0.39 is 29.2 Å². The number of nitrogens with two attached hydrogens (primary N) is 1. The summed E-state index contributed by atoms with van der Waals surface area (Å²) in [6, 6.07) is 3.24. The number of para-hydroxylation sites is 1. The van der Waals surface area contributed by atoms with Crippen LogP contribution in [0.15, 0.2) is 18.2 Å². The van der Waals surface area contributed by atoms with Gasteiger partial charge in [-0.05, 0) is 26.0 Å². The lowest BCUT2D eigenvalue weighted by Gasteiger charge is -2.25. The van der Waals surface area contributed by atoms with Crippen molar-refractivity contribution in [1.82, 2.24) is 5.32 Å². The van der Waals surface area contributed by atoms with Gasteiger partial charge in [0.2, 0.25) is 5.91 Å². The number of anilines is 1. The number of hydrogen-bond acceptors (Lipinski definition) is 4. The summed E-state index contributed by atoms with van der Waals surface area (Å²) in [7, 11) is 0. The lowest BCUT2D eigenvalue weighted by Crippen LogP contribution is -2.47. The van der Waals surface area contributed by atoms with Crippen LogP contribution in [-0.2, 0) is 4.79 Å². The number of amides is 3. The van der Waals surface area contributed by atoms with Crippen molar-refractivity contribution in [3.05, 3.63) is 23.8 Å². The zero-order valence-corrected chi connectivity index (χ0v) is 11.6. The third kappa shape index (κ3) is 4.68. The minimum Gasteiger partial charge on any atom is -0.505 e. The van der Waals surface area contributed by atoms with Crippen molar-refractivity contribution in [1.29, 1.82) is 0 Å². The van der Waals surface area contributed by atoms with Gasteiger partial charge in [-0.2, -0.15) is 0 Å². The second-order valence-corrected chi connectivity index (χ2v) is 5.11. The topological polar surface area (TPSA) is 142 Å². The van der Waals surface area contributed by atoms with Crippen molar-refractivity contribution in [2.75, 3.05) is 5.32 Å². The van der Waals surface area contributed by atoms with Crippen LogP contribution in [-0.4, -0.2) is 33.7 Å². The molecule has 0 aliphatic carbocycles. The molecule has 8 nitrogen and oxygen atoms in total. The molecule has 0 bridgehead atoms. The molecule has 1 rings (SSSR count). The first-order valence-corrected chi connectivity index (χ1v) is 6.05. The number of aromatic carboxylic acids is 1. The van der Waals surface area contributed by atoms with Gasteiger partial charge in [0.25, 0.3) is 0 Å². The summed E-state index contributed by atoms with van der Waals surface area (Å²) in [5.41, 5.74) is 3.81. The van der Waals surface area contributed by atoms with Crippen LogP contribution < -0.4 is 16.4 Å². The molecule has 0 atom stereocenters. The largest absolute Gasteiger partial charge is 0.505 e. The molecule has 1 aromatic carbocycles. The molecule has 0 saturated carbocycles. The quantitative estimate of drug-likeness (QED) is 0.512. The normalized spacial score (nSPS) is 10.8. The molecule has 8 heteroatoms. The van der Waals surface area contributed by atoms with E-state index in [0.717, 1.165) is 0 Å². The zero-order valence-electron chi connectivity index (χ0n) is 11.6. The monoisotopic (exact) mass is 295 g/mol. The highest BCUT2D eigenvalue weighted by Gasteiger charge is 2.23. The highest BCUT2D eigenvalue weighted by molar-refractivity contribution is 5.97. The molecule has 21 heavy (non-hydrogen) atoms. The van der Waals surface area contributed by atoms with Crippen molar-refractivity contribution < 1.29 is 24.6 Å². The molecule has 0 aliphatic heterocycles. The molecule has 0 aliphatic rings. The van der Waals surface area contributed by atoms with E-state index in [4.69, 9.17) is 10.8 Å². The molecule has 0 aromatic heterocycles. The van der Waals surface area contributed by atoms with E-state index in [0.29, 0.717) is 0 Å². The Morgan fingerprint density at radius 1 is 1.29 bits per heavy atom. The van der Waals surface area contributed by atoms with Crippen molar-refractivity contribution in [3.63, 3.8) is 0 Å². The predicted molar refractivity (Wildman–Crippen MR) is 75.1 cm³/mol. The number of carboxylic acids is 1. The van der Waals surface area contributed by atoms with Crippen LogP contribution in [0.3, 0.4) is 0 Å². The van der Waals surface area contributed by atoms with E-state index in [2.05, 4.69) is 10.6 Å². The van der Waals surface area contributed by atoms with Gasteiger partial charge in [0.05, 0.1) is 5.69 Å². The van der Waals surface area contributed by atoms with Gasteiger partial charge in [0.15, 0.2) is 5.75 Å². The van der Waals surface area contributed by atoms with Crippen LogP contribution in [0.5, 0.6) is 5.75 Å². The third-order valence-corrected chi connectivity index (χ3v) is 2.58. The number of aromatic hydroxyl groups is 1. The summed E-state index contributed by atoms with van der Waals surface area (Å²) in [6.07, 6.45) is -0.0679. The van der Waals surface area contributed by atoms with E-state index in [1.165, 1.54) is 18.2 Å². The van der Waals surface area contributed by atoms with Crippen LogP contribution in [0.4, 0.5) is 10.5 Å². The molecule has 6 N–H and O–H groups in total. The van der Waals surface area contributed by atoms with E-state index >= 15 is 0 Å². The fraction of sp³-hybridized carbons (Fsp3) is 0.308. The molecular weight excluding hydrogens is 278 g/mol. The van der Waals surface area contributed by atoms with E-state index in [1.54, 1.807) is 13.8 Å². The van der Waals surface area contributed by atoms with Gasteiger partial charge in [-0.1, -0.05) is 6.07 Å². The van der Waals surface area contributed by atoms with Gasteiger partial charge in [-0.3, -0.25) is 4.79 Å². The number of hydrogen-bond donors (Lipinski definition) is 5. The summed E-state index contributed by atoms with van der Waals surface area (Å²) < 4.78 is 0. The first-order chi connectivity index (χ1) is 9.62. The fourth-order valence-electron chi connectivity index (χ4n) is 1.76. The number of rotatable bonds is 5. The second-order valence-electron chi connectivity index (χ2n) is 5.11. The SMILES string of the molecule is CC(C)(CC(N)=O)NC(=O)Nc1cccc(C(=O)O)c1O. The average molecular weight is 295 g/mol. The maximum atomic E-state index is 11.8. The molecule has 0 unspecified atom stereocenters. The molecule has 0 spiro atoms. The Morgan fingerprint density at radius 3 is 2.43 bits per heavy atom. The predicted octanol–water partition coefficient (Wildman–Crippen LogP) is 0.866. The molecule has 0 fully saturated rings. The van der Waals surface area contributed by atoms with Gasteiger partial charge < -0.3 is 26.6 Å². The third-order valence-electron chi connectivity index (χ3n) is 2.58. The molecular formula is C13H17N3O5. The second kappa shape index (κ2) is 6.12. The Labute approximate surface area is 120 Å². The summed E-state index contributed by atoms with van der Waals surface area (Å²) in [6.45, 7) is 3.20. The van der Waals surface area contributed by atoms with E-state index in [9.17, 15) is 19.5 Å². The molecule has 3 amide bonds. The van der Waals surface area contributed by atoms with Crippen LogP contribution in [0.1, 0.15) is 30.6 Å². The number of carboxylic acid groups (broad SMARTS) is 1. The number of urea groups is 1. The Balaban J connectivity index is 2.83. The number of carbonyl (C=O) groups is 3. The zero-order chi connectivity index (χ0) is 16.2. The van der Waals surface area contributed by atoms with Crippen LogP contribution in [0, 0.1) is 0 Å².